The lowest BCUT2D eigenvalue weighted by Crippen LogP contribution is -2.47. The fourth-order valence-corrected chi connectivity index (χ4v) is 4.66. The van der Waals surface area contributed by atoms with Crippen LogP contribution >= 0.6 is 0 Å². The third-order valence-corrected chi connectivity index (χ3v) is 7.11. The maximum Gasteiger partial charge on any atom is 0.235 e. The zero-order valence-corrected chi connectivity index (χ0v) is 18.9. The van der Waals surface area contributed by atoms with E-state index in [2.05, 4.69) is 19.2 Å². The fraction of sp³-hybridized carbons (Fsp3) is 0.435. The maximum atomic E-state index is 14.0. The van der Waals surface area contributed by atoms with Crippen molar-refractivity contribution in [3.63, 3.8) is 0 Å². The normalized spacial score (nSPS) is 17.6. The summed E-state index contributed by atoms with van der Waals surface area (Å²) in [5.41, 5.74) is 0.692. The van der Waals surface area contributed by atoms with Gasteiger partial charge in [0.15, 0.2) is 0 Å². The van der Waals surface area contributed by atoms with E-state index in [-0.39, 0.29) is 18.2 Å². The van der Waals surface area contributed by atoms with Crippen molar-refractivity contribution in [3.05, 3.63) is 65.5 Å². The third kappa shape index (κ3) is 5.43. The number of hydrogen-bond acceptors (Lipinski definition) is 4. The molecule has 6 nitrogen and oxygen atoms in total. The first-order chi connectivity index (χ1) is 14.7. The Morgan fingerprint density at radius 3 is 2.45 bits per heavy atom. The van der Waals surface area contributed by atoms with Crippen molar-refractivity contribution in [2.24, 2.45) is 0 Å². The Morgan fingerprint density at radius 2 is 1.81 bits per heavy atom. The van der Waals surface area contributed by atoms with Crippen molar-refractivity contribution >= 4 is 15.9 Å². The molecule has 1 amide bonds. The van der Waals surface area contributed by atoms with Crippen molar-refractivity contribution in [2.75, 3.05) is 12.8 Å². The number of ether oxygens (including phenoxy) is 1. The quantitative estimate of drug-likeness (QED) is 0.667. The number of rotatable bonds is 8. The van der Waals surface area contributed by atoms with Gasteiger partial charge in [0.1, 0.15) is 17.2 Å². The minimum atomic E-state index is -3.73. The summed E-state index contributed by atoms with van der Waals surface area (Å²) in [7, 11) is -3.73. The fourth-order valence-electron chi connectivity index (χ4n) is 3.94. The maximum absolute atomic E-state index is 14.0. The van der Waals surface area contributed by atoms with Gasteiger partial charge in [-0.1, -0.05) is 50.2 Å². The number of nitrogens with zero attached hydrogens (tertiary/aromatic N) is 1. The predicted octanol–water partition coefficient (Wildman–Crippen LogP) is 3.79. The molecule has 8 heteroatoms. The molecule has 0 aromatic heterocycles. The number of carbonyl (C=O) groups is 1. The molecule has 1 heterocycles. The largest absolute Gasteiger partial charge is 0.487 e. The molecule has 0 spiro atoms. The zero-order valence-electron chi connectivity index (χ0n) is 18.1. The van der Waals surface area contributed by atoms with Crippen LogP contribution in [-0.4, -0.2) is 37.0 Å². The standard InChI is InChI=1S/C23H29FN2O4S/c1-4-23(5-2)14-20(18-11-7-9-13-21(18)30-23)25-22(27)16-26(31(3,28)29)15-17-10-6-8-12-19(17)24/h6-13,20H,4-5,14-16H2,1-3H3,(H,25,27)/t20-/m1/s1. The summed E-state index contributed by atoms with van der Waals surface area (Å²) < 4.78 is 45.8. The van der Waals surface area contributed by atoms with Crippen molar-refractivity contribution in [2.45, 2.75) is 51.3 Å². The average molecular weight is 449 g/mol. The molecule has 168 valence electrons. The van der Waals surface area contributed by atoms with E-state index in [0.717, 1.165) is 34.7 Å². The lowest BCUT2D eigenvalue weighted by atomic mass is 9.83. The van der Waals surface area contributed by atoms with E-state index in [4.69, 9.17) is 4.74 Å². The van der Waals surface area contributed by atoms with E-state index in [9.17, 15) is 17.6 Å². The molecule has 2 aromatic carbocycles. The van der Waals surface area contributed by atoms with Crippen molar-refractivity contribution in [1.29, 1.82) is 0 Å². The SMILES string of the molecule is CCC1(CC)C[C@@H](NC(=O)CN(Cc2ccccc2F)S(C)(=O)=O)c2ccccc2O1. The van der Waals surface area contributed by atoms with Crippen LogP contribution in [-0.2, 0) is 21.4 Å². The summed E-state index contributed by atoms with van der Waals surface area (Å²) in [6.07, 6.45) is 3.18. The van der Waals surface area contributed by atoms with E-state index in [0.29, 0.717) is 6.42 Å². The van der Waals surface area contributed by atoms with E-state index in [1.807, 2.05) is 24.3 Å². The molecule has 1 atom stereocenters. The van der Waals surface area contributed by atoms with Crippen LogP contribution in [0.25, 0.3) is 0 Å². The highest BCUT2D eigenvalue weighted by Gasteiger charge is 2.39. The van der Waals surface area contributed by atoms with Gasteiger partial charge in [-0.2, -0.15) is 4.31 Å². The van der Waals surface area contributed by atoms with Gasteiger partial charge in [0.2, 0.25) is 15.9 Å². The molecule has 3 rings (SSSR count). The minimum Gasteiger partial charge on any atom is -0.487 e. The molecular weight excluding hydrogens is 419 g/mol. The number of halogens is 1. The number of carbonyl (C=O) groups excluding carboxylic acids is 1. The smallest absolute Gasteiger partial charge is 0.235 e. The summed E-state index contributed by atoms with van der Waals surface area (Å²) in [5.74, 6) is -0.218. The Bertz CT molecular complexity index is 1040. The van der Waals surface area contributed by atoms with E-state index < -0.39 is 33.9 Å². The van der Waals surface area contributed by atoms with Gasteiger partial charge in [0, 0.05) is 24.1 Å². The second-order valence-corrected chi connectivity index (χ2v) is 9.96. The number of fused-ring (bicyclic) bond motifs is 1. The van der Waals surface area contributed by atoms with Crippen LogP contribution in [0.5, 0.6) is 5.75 Å². The van der Waals surface area contributed by atoms with Crippen LogP contribution < -0.4 is 10.1 Å². The summed E-state index contributed by atoms with van der Waals surface area (Å²) in [4.78, 5) is 12.9. The first-order valence-electron chi connectivity index (χ1n) is 10.4. The van der Waals surface area contributed by atoms with E-state index >= 15 is 0 Å². The Morgan fingerprint density at radius 1 is 1.16 bits per heavy atom. The molecule has 0 fully saturated rings. The third-order valence-electron chi connectivity index (χ3n) is 5.91. The highest BCUT2D eigenvalue weighted by Crippen LogP contribution is 2.42. The Balaban J connectivity index is 1.79. The number of sulfonamides is 1. The summed E-state index contributed by atoms with van der Waals surface area (Å²) in [6.45, 7) is 3.50. The number of para-hydroxylation sites is 1. The molecule has 1 aliphatic heterocycles. The second kappa shape index (κ2) is 9.36. The van der Waals surface area contributed by atoms with Crippen LogP contribution in [0.1, 0.15) is 50.3 Å². The van der Waals surface area contributed by atoms with Crippen LogP contribution in [0.3, 0.4) is 0 Å². The molecule has 2 aromatic rings. The zero-order chi connectivity index (χ0) is 22.6. The Hall–Kier alpha value is -2.45. The van der Waals surface area contributed by atoms with Crippen LogP contribution in [0, 0.1) is 5.82 Å². The summed E-state index contributed by atoms with van der Waals surface area (Å²) in [6, 6.07) is 13.2. The lowest BCUT2D eigenvalue weighted by molar-refractivity contribution is -0.122. The summed E-state index contributed by atoms with van der Waals surface area (Å²) >= 11 is 0. The minimum absolute atomic E-state index is 0.211. The topological polar surface area (TPSA) is 75.7 Å². The van der Waals surface area contributed by atoms with Gasteiger partial charge in [-0.3, -0.25) is 4.79 Å². The van der Waals surface area contributed by atoms with Crippen LogP contribution in [0.15, 0.2) is 48.5 Å². The van der Waals surface area contributed by atoms with E-state index in [1.54, 1.807) is 6.07 Å². The first kappa shape index (κ1) is 23.2. The molecule has 0 unspecified atom stereocenters. The summed E-state index contributed by atoms with van der Waals surface area (Å²) in [5, 5.41) is 2.98. The molecule has 0 saturated heterocycles. The second-order valence-electron chi connectivity index (χ2n) is 7.98. The van der Waals surface area contributed by atoms with Crippen molar-refractivity contribution in [3.8, 4) is 5.75 Å². The molecule has 0 bridgehead atoms. The van der Waals surface area contributed by atoms with Gasteiger partial charge in [-0.25, -0.2) is 12.8 Å². The number of nitrogens with one attached hydrogen (secondary N) is 1. The molecule has 31 heavy (non-hydrogen) atoms. The van der Waals surface area contributed by atoms with Gasteiger partial charge in [-0.15, -0.1) is 0 Å². The first-order valence-corrected chi connectivity index (χ1v) is 12.3. The Labute approximate surface area is 183 Å². The van der Waals surface area contributed by atoms with Crippen molar-refractivity contribution in [1.82, 2.24) is 9.62 Å². The van der Waals surface area contributed by atoms with Gasteiger partial charge < -0.3 is 10.1 Å². The van der Waals surface area contributed by atoms with E-state index in [1.165, 1.54) is 18.2 Å². The lowest BCUT2D eigenvalue weighted by Gasteiger charge is -2.41. The molecular formula is C23H29FN2O4S. The average Bonchev–Trinajstić information content (AvgIpc) is 2.74. The number of amides is 1. The number of hydrogen-bond donors (Lipinski definition) is 1. The molecule has 0 aliphatic carbocycles. The van der Waals surface area contributed by atoms with Crippen LogP contribution in [0.2, 0.25) is 0 Å². The Kier molecular flexibility index (Phi) is 7.01. The van der Waals surface area contributed by atoms with Gasteiger partial charge >= 0.3 is 0 Å². The van der Waals surface area contributed by atoms with Crippen LogP contribution in [0.4, 0.5) is 4.39 Å². The van der Waals surface area contributed by atoms with Crippen molar-refractivity contribution < 1.29 is 22.3 Å². The molecule has 0 saturated carbocycles. The highest BCUT2D eigenvalue weighted by molar-refractivity contribution is 7.88. The van der Waals surface area contributed by atoms with Gasteiger partial charge in [0.05, 0.1) is 18.8 Å². The monoisotopic (exact) mass is 448 g/mol. The van der Waals surface area contributed by atoms with Gasteiger partial charge in [-0.05, 0) is 25.0 Å². The highest BCUT2D eigenvalue weighted by atomic mass is 32.2. The van der Waals surface area contributed by atoms with Gasteiger partial charge in [0.25, 0.3) is 0 Å². The molecule has 0 radical (unpaired) electrons. The number of benzene rings is 2. The predicted molar refractivity (Wildman–Crippen MR) is 118 cm³/mol. The molecule has 1 N–H and O–H groups in total. The molecule has 1 aliphatic rings.